The van der Waals surface area contributed by atoms with Crippen molar-refractivity contribution in [1.82, 2.24) is 0 Å². The molecule has 6 unspecified atom stereocenters. The zero-order chi connectivity index (χ0) is 39.8. The van der Waals surface area contributed by atoms with Gasteiger partial charge in [0.25, 0.3) is 0 Å². The van der Waals surface area contributed by atoms with E-state index in [4.69, 9.17) is 4.74 Å². The van der Waals surface area contributed by atoms with Gasteiger partial charge in [-0.05, 0) is 142 Å². The summed E-state index contributed by atoms with van der Waals surface area (Å²) in [7, 11) is 0. The molecule has 4 saturated carbocycles. The Labute approximate surface area is 350 Å². The lowest BCUT2D eigenvalue weighted by Crippen LogP contribution is -2.74. The number of nitrogens with zero attached hydrogens (tertiary/aromatic N) is 1. The molecule has 0 N–H and O–H groups in total. The molecule has 6 atom stereocenters. The Morgan fingerprint density at radius 3 is 1.98 bits per heavy atom. The first-order chi connectivity index (χ1) is 28.5. The van der Waals surface area contributed by atoms with Crippen LogP contribution in [0.5, 0.6) is 11.5 Å². The molecule has 2 bridgehead atoms. The molecule has 0 aromatic heterocycles. The second-order valence-electron chi connectivity index (χ2n) is 21.6. The molecule has 294 valence electrons. The standard InChI is InChI=1S/C57H55NO/c1-53(2)27-28-54(3,4)50-42(53)20-13-23-46(50)58(37-25-26-40-39-17-10-11-19-41(39)55(5,6)45(40)32-37)47-24-14-22-44-52(47)59-51-38(35-15-8-7-9-16-35)18-12-21-43(51)57(44)48-30-34-29-36-31-49(57)56(36,48)33-34/h7-26,32,34,36,48-49H,27-31,33H2,1-6H3. The molecule has 6 aromatic carbocycles. The van der Waals surface area contributed by atoms with Gasteiger partial charge in [0.1, 0.15) is 5.75 Å². The summed E-state index contributed by atoms with van der Waals surface area (Å²) in [5.74, 6) is 5.27. The van der Waals surface area contributed by atoms with E-state index in [0.717, 1.165) is 35.4 Å². The second-order valence-corrected chi connectivity index (χ2v) is 21.6. The van der Waals surface area contributed by atoms with Gasteiger partial charge in [0.2, 0.25) is 0 Å². The normalized spacial score (nSPS) is 29.5. The highest BCUT2D eigenvalue weighted by molar-refractivity contribution is 5.90. The van der Waals surface area contributed by atoms with Crippen LogP contribution in [0.15, 0.2) is 127 Å². The third kappa shape index (κ3) is 4.10. The Balaban J connectivity index is 1.10. The average Bonchev–Trinajstić information content (AvgIpc) is 3.85. The molecule has 13 rings (SSSR count). The number of hydrogen-bond donors (Lipinski definition) is 0. The summed E-state index contributed by atoms with van der Waals surface area (Å²) in [4.78, 5) is 2.64. The fourth-order valence-corrected chi connectivity index (χ4v) is 15.3. The van der Waals surface area contributed by atoms with E-state index in [1.165, 1.54) is 99.1 Å². The van der Waals surface area contributed by atoms with Gasteiger partial charge < -0.3 is 9.64 Å². The lowest BCUT2D eigenvalue weighted by Gasteiger charge is -2.77. The number of ether oxygens (including phenoxy) is 1. The highest BCUT2D eigenvalue weighted by Crippen LogP contribution is 2.89. The van der Waals surface area contributed by atoms with Gasteiger partial charge in [-0.15, -0.1) is 0 Å². The summed E-state index contributed by atoms with van der Waals surface area (Å²) < 4.78 is 7.72. The van der Waals surface area contributed by atoms with Gasteiger partial charge in [0, 0.05) is 33.2 Å². The van der Waals surface area contributed by atoms with Crippen LogP contribution in [0.2, 0.25) is 0 Å². The monoisotopic (exact) mass is 769 g/mol. The van der Waals surface area contributed by atoms with Crippen molar-refractivity contribution < 1.29 is 4.74 Å². The van der Waals surface area contributed by atoms with Gasteiger partial charge in [-0.3, -0.25) is 0 Å². The molecule has 1 aliphatic heterocycles. The van der Waals surface area contributed by atoms with E-state index in [0.29, 0.717) is 17.3 Å². The van der Waals surface area contributed by atoms with E-state index in [9.17, 15) is 0 Å². The average molecular weight is 770 g/mol. The zero-order valence-corrected chi connectivity index (χ0v) is 35.5. The number of anilines is 3. The topological polar surface area (TPSA) is 12.5 Å². The summed E-state index contributed by atoms with van der Waals surface area (Å²) in [5, 5.41) is 0. The van der Waals surface area contributed by atoms with Crippen molar-refractivity contribution in [3.63, 3.8) is 0 Å². The van der Waals surface area contributed by atoms with Crippen molar-refractivity contribution in [2.45, 2.75) is 102 Å². The third-order valence-corrected chi connectivity index (χ3v) is 17.8. The van der Waals surface area contributed by atoms with Crippen molar-refractivity contribution in [1.29, 1.82) is 0 Å². The van der Waals surface area contributed by atoms with Crippen molar-refractivity contribution in [3.8, 4) is 33.8 Å². The summed E-state index contributed by atoms with van der Waals surface area (Å²) in [6.07, 6.45) is 7.94. The predicted molar refractivity (Wildman–Crippen MR) is 242 cm³/mol. The Morgan fingerprint density at radius 1 is 0.525 bits per heavy atom. The van der Waals surface area contributed by atoms with E-state index in [2.05, 4.69) is 174 Å². The van der Waals surface area contributed by atoms with Crippen LogP contribution in [-0.4, -0.2) is 0 Å². The SMILES string of the molecule is CC1(C)CCC(C)(C)c2c(N(c3ccc4c(c3)C(C)(C)c3ccccc3-4)c3cccc4c3Oc3c(-c5ccccc5)cccc3C43C4CC5CC6CC3C64C5)cccc21. The van der Waals surface area contributed by atoms with Gasteiger partial charge in [-0.1, -0.05) is 145 Å². The minimum atomic E-state index is -0.117. The van der Waals surface area contributed by atoms with Crippen molar-refractivity contribution >= 4 is 17.1 Å². The van der Waals surface area contributed by atoms with E-state index in [-0.39, 0.29) is 21.7 Å². The van der Waals surface area contributed by atoms with E-state index in [1.807, 2.05) is 0 Å². The largest absolute Gasteiger partial charge is 0.454 e. The van der Waals surface area contributed by atoms with Gasteiger partial charge in [0.15, 0.2) is 5.75 Å². The maximum atomic E-state index is 7.72. The van der Waals surface area contributed by atoms with Crippen LogP contribution >= 0.6 is 0 Å². The summed E-state index contributed by atoms with van der Waals surface area (Å²) in [5.41, 5.74) is 17.9. The lowest BCUT2D eigenvalue weighted by molar-refractivity contribution is -0.235. The first-order valence-corrected chi connectivity index (χ1v) is 22.6. The van der Waals surface area contributed by atoms with E-state index in [1.54, 1.807) is 0 Å². The second kappa shape index (κ2) is 11.2. The third-order valence-electron chi connectivity index (χ3n) is 17.8. The zero-order valence-electron chi connectivity index (χ0n) is 35.5. The van der Waals surface area contributed by atoms with Crippen molar-refractivity contribution in [2.75, 3.05) is 4.90 Å². The Kier molecular flexibility index (Phi) is 6.59. The van der Waals surface area contributed by atoms with Crippen LogP contribution < -0.4 is 9.64 Å². The molecule has 2 nitrogen and oxygen atoms in total. The van der Waals surface area contributed by atoms with Gasteiger partial charge >= 0.3 is 0 Å². The number of fused-ring (bicyclic) bond motifs is 11. The van der Waals surface area contributed by atoms with E-state index < -0.39 is 0 Å². The number of rotatable bonds is 4. The number of hydrogen-bond acceptors (Lipinski definition) is 2. The summed E-state index contributed by atoms with van der Waals surface area (Å²) in [6.45, 7) is 14.7. The van der Waals surface area contributed by atoms with Crippen LogP contribution in [0, 0.1) is 29.1 Å². The fourth-order valence-electron chi connectivity index (χ4n) is 15.3. The molecule has 0 amide bonds. The minimum Gasteiger partial charge on any atom is -0.454 e. The molecule has 59 heavy (non-hydrogen) atoms. The molecule has 2 heteroatoms. The minimum absolute atomic E-state index is 0.000309. The van der Waals surface area contributed by atoms with Gasteiger partial charge in [-0.25, -0.2) is 0 Å². The molecular formula is C57H55NO. The molecule has 6 aliphatic carbocycles. The predicted octanol–water partition coefficient (Wildman–Crippen LogP) is 14.9. The molecule has 0 radical (unpaired) electrons. The lowest BCUT2D eigenvalue weighted by atomic mass is 9.26. The Bertz CT molecular complexity index is 2790. The molecule has 1 heterocycles. The number of para-hydroxylation sites is 2. The van der Waals surface area contributed by atoms with Crippen LogP contribution in [0.4, 0.5) is 17.1 Å². The van der Waals surface area contributed by atoms with Crippen LogP contribution in [0.3, 0.4) is 0 Å². The molecular weight excluding hydrogens is 715 g/mol. The molecule has 0 saturated heterocycles. The summed E-state index contributed by atoms with van der Waals surface area (Å²) >= 11 is 0. The maximum Gasteiger partial charge on any atom is 0.155 e. The maximum absolute atomic E-state index is 7.72. The Hall–Kier alpha value is -5.08. The Morgan fingerprint density at radius 2 is 1.17 bits per heavy atom. The van der Waals surface area contributed by atoms with Crippen molar-refractivity contribution in [2.24, 2.45) is 29.1 Å². The molecule has 6 aromatic rings. The first kappa shape index (κ1) is 34.8. The smallest absolute Gasteiger partial charge is 0.155 e. The molecule has 7 aliphatic rings. The van der Waals surface area contributed by atoms with Crippen LogP contribution in [0.1, 0.15) is 113 Å². The van der Waals surface area contributed by atoms with Crippen LogP contribution in [0.25, 0.3) is 22.3 Å². The van der Waals surface area contributed by atoms with Gasteiger partial charge in [-0.2, -0.15) is 0 Å². The summed E-state index contributed by atoms with van der Waals surface area (Å²) in [6, 6.07) is 48.9. The van der Waals surface area contributed by atoms with Crippen molar-refractivity contribution in [3.05, 3.63) is 161 Å². The highest BCUT2D eigenvalue weighted by Gasteiger charge is 2.84. The number of benzene rings is 6. The highest BCUT2D eigenvalue weighted by atomic mass is 16.5. The van der Waals surface area contributed by atoms with Gasteiger partial charge in [0.05, 0.1) is 11.4 Å². The molecule has 2 spiro atoms. The quantitative estimate of drug-likeness (QED) is 0.177. The van der Waals surface area contributed by atoms with E-state index >= 15 is 0 Å². The molecule has 4 fully saturated rings. The fraction of sp³-hybridized carbons (Fsp3) is 0.368. The van der Waals surface area contributed by atoms with Crippen LogP contribution in [-0.2, 0) is 21.7 Å². The first-order valence-electron chi connectivity index (χ1n) is 22.6.